The van der Waals surface area contributed by atoms with Gasteiger partial charge in [0.2, 0.25) is 0 Å². The Hall–Kier alpha value is -1.63. The van der Waals surface area contributed by atoms with E-state index in [-0.39, 0.29) is 0 Å². The molecule has 3 amide bonds. The Bertz CT molecular complexity index is 315. The molecule has 7 nitrogen and oxygen atoms in total. The van der Waals surface area contributed by atoms with Crippen molar-refractivity contribution < 1.29 is 24.2 Å². The highest BCUT2D eigenvalue weighted by atomic mass is 16.5. The largest absolute Gasteiger partial charge is 0.480 e. The number of carbonyl (C=O) groups is 3. The van der Waals surface area contributed by atoms with E-state index in [1.807, 2.05) is 0 Å². The quantitative estimate of drug-likeness (QED) is 0.601. The van der Waals surface area contributed by atoms with Crippen LogP contribution in [0.4, 0.5) is 4.79 Å². The van der Waals surface area contributed by atoms with Crippen molar-refractivity contribution in [2.24, 2.45) is 5.92 Å². The maximum absolute atomic E-state index is 11.2. The summed E-state index contributed by atoms with van der Waals surface area (Å²) < 4.78 is 4.54. The molecule has 7 heteroatoms. The van der Waals surface area contributed by atoms with Crippen LogP contribution in [0.15, 0.2) is 0 Å². The van der Waals surface area contributed by atoms with Crippen LogP contribution in [-0.4, -0.2) is 42.8 Å². The maximum atomic E-state index is 11.2. The third-order valence-electron chi connectivity index (χ3n) is 2.77. The summed E-state index contributed by atoms with van der Waals surface area (Å²) in [6, 6.07) is -0.571. The Morgan fingerprint density at radius 2 is 1.94 bits per heavy atom. The standard InChI is InChI=1S/C11H18N2O5/c14-9(6-18-7-10(15)16)13-11(17)12-5-4-8-2-1-3-8/h8H,1-7H2,(H,15,16)(H2,12,13,14,17). The predicted molar refractivity (Wildman–Crippen MR) is 62.0 cm³/mol. The molecule has 1 saturated carbocycles. The fraction of sp³-hybridized carbons (Fsp3) is 0.727. The lowest BCUT2D eigenvalue weighted by Crippen LogP contribution is -2.42. The number of carboxylic acids is 1. The normalized spacial score (nSPS) is 14.7. The van der Waals surface area contributed by atoms with Crippen LogP contribution in [0.1, 0.15) is 25.7 Å². The first-order valence-corrected chi connectivity index (χ1v) is 5.95. The second kappa shape index (κ2) is 7.65. The number of ether oxygens (including phenoxy) is 1. The summed E-state index contributed by atoms with van der Waals surface area (Å²) in [5, 5.41) is 12.9. The molecule has 0 heterocycles. The lowest BCUT2D eigenvalue weighted by Gasteiger charge is -2.25. The summed E-state index contributed by atoms with van der Waals surface area (Å²) in [6.07, 6.45) is 4.61. The minimum atomic E-state index is -1.16. The van der Waals surface area contributed by atoms with Gasteiger partial charge in [-0.1, -0.05) is 19.3 Å². The fourth-order valence-electron chi connectivity index (χ4n) is 1.61. The van der Waals surface area contributed by atoms with E-state index in [0.717, 1.165) is 6.42 Å². The average Bonchev–Trinajstić information content (AvgIpc) is 2.21. The molecule has 1 aliphatic carbocycles. The highest BCUT2D eigenvalue weighted by Gasteiger charge is 2.17. The molecule has 0 saturated heterocycles. The van der Waals surface area contributed by atoms with Crippen LogP contribution in [0.2, 0.25) is 0 Å². The van der Waals surface area contributed by atoms with E-state index in [1.54, 1.807) is 0 Å². The predicted octanol–water partition coefficient (Wildman–Crippen LogP) is 0.104. The Balaban J connectivity index is 1.99. The molecule has 0 aromatic rings. The molecule has 1 fully saturated rings. The molecule has 0 aliphatic heterocycles. The number of carboxylic acid groups (broad SMARTS) is 1. The Kier molecular flexibility index (Phi) is 6.13. The van der Waals surface area contributed by atoms with Crippen LogP contribution in [0.3, 0.4) is 0 Å². The van der Waals surface area contributed by atoms with E-state index in [0.29, 0.717) is 12.5 Å². The zero-order chi connectivity index (χ0) is 13.4. The number of amides is 3. The summed E-state index contributed by atoms with van der Waals surface area (Å²) in [5.41, 5.74) is 0. The molecular formula is C11H18N2O5. The van der Waals surface area contributed by atoms with Crippen molar-refractivity contribution in [1.82, 2.24) is 10.6 Å². The topological polar surface area (TPSA) is 105 Å². The molecule has 0 aromatic carbocycles. The van der Waals surface area contributed by atoms with Gasteiger partial charge in [-0.05, 0) is 12.3 Å². The molecule has 102 valence electrons. The summed E-state index contributed by atoms with van der Waals surface area (Å²) in [4.78, 5) is 32.4. The number of nitrogens with one attached hydrogen (secondary N) is 2. The van der Waals surface area contributed by atoms with Gasteiger partial charge in [0, 0.05) is 6.54 Å². The Morgan fingerprint density at radius 3 is 2.50 bits per heavy atom. The first-order valence-electron chi connectivity index (χ1n) is 5.95. The van der Waals surface area contributed by atoms with Gasteiger partial charge in [0.15, 0.2) is 0 Å². The van der Waals surface area contributed by atoms with Gasteiger partial charge < -0.3 is 15.2 Å². The van der Waals surface area contributed by atoms with Crippen LogP contribution < -0.4 is 10.6 Å². The minimum Gasteiger partial charge on any atom is -0.480 e. The van der Waals surface area contributed by atoms with Crippen molar-refractivity contribution in [1.29, 1.82) is 0 Å². The highest BCUT2D eigenvalue weighted by Crippen LogP contribution is 2.28. The highest BCUT2D eigenvalue weighted by molar-refractivity contribution is 5.94. The summed E-state index contributed by atoms with van der Waals surface area (Å²) in [5.74, 6) is -1.12. The molecular weight excluding hydrogens is 240 g/mol. The number of urea groups is 1. The Labute approximate surface area is 105 Å². The smallest absolute Gasteiger partial charge is 0.329 e. The lowest BCUT2D eigenvalue weighted by molar-refractivity contribution is -0.143. The number of aliphatic carboxylic acids is 1. The van der Waals surface area contributed by atoms with Crippen LogP contribution in [0.5, 0.6) is 0 Å². The van der Waals surface area contributed by atoms with Gasteiger partial charge >= 0.3 is 12.0 Å². The molecule has 3 N–H and O–H groups in total. The van der Waals surface area contributed by atoms with Gasteiger partial charge in [-0.25, -0.2) is 9.59 Å². The van der Waals surface area contributed by atoms with Crippen LogP contribution in [-0.2, 0) is 14.3 Å². The van der Waals surface area contributed by atoms with Gasteiger partial charge in [-0.2, -0.15) is 0 Å². The molecule has 0 bridgehead atoms. The van der Waals surface area contributed by atoms with Crippen molar-refractivity contribution >= 4 is 17.9 Å². The third-order valence-corrected chi connectivity index (χ3v) is 2.77. The van der Waals surface area contributed by atoms with Crippen molar-refractivity contribution in [3.63, 3.8) is 0 Å². The van der Waals surface area contributed by atoms with Crippen molar-refractivity contribution in [3.8, 4) is 0 Å². The Morgan fingerprint density at radius 1 is 1.22 bits per heavy atom. The molecule has 1 rings (SSSR count). The van der Waals surface area contributed by atoms with Crippen LogP contribution in [0.25, 0.3) is 0 Å². The van der Waals surface area contributed by atoms with Crippen LogP contribution in [0, 0.1) is 5.92 Å². The number of imide groups is 1. The van der Waals surface area contributed by atoms with Crippen molar-refractivity contribution in [3.05, 3.63) is 0 Å². The van der Waals surface area contributed by atoms with E-state index in [1.165, 1.54) is 19.3 Å². The molecule has 1 aliphatic rings. The van der Waals surface area contributed by atoms with Gasteiger partial charge in [0.25, 0.3) is 5.91 Å². The second-order valence-corrected chi connectivity index (χ2v) is 4.28. The number of hydrogen-bond donors (Lipinski definition) is 3. The van der Waals surface area contributed by atoms with E-state index in [9.17, 15) is 14.4 Å². The first kappa shape index (κ1) is 14.4. The average molecular weight is 258 g/mol. The summed E-state index contributed by atoms with van der Waals surface area (Å²) in [7, 11) is 0. The number of rotatable bonds is 7. The molecule has 0 spiro atoms. The third kappa shape index (κ3) is 6.19. The molecule has 18 heavy (non-hydrogen) atoms. The summed E-state index contributed by atoms with van der Waals surface area (Å²) >= 11 is 0. The van der Waals surface area contributed by atoms with Gasteiger partial charge in [-0.3, -0.25) is 10.1 Å². The second-order valence-electron chi connectivity index (χ2n) is 4.28. The fourth-order valence-corrected chi connectivity index (χ4v) is 1.61. The van der Waals surface area contributed by atoms with E-state index >= 15 is 0 Å². The van der Waals surface area contributed by atoms with Gasteiger partial charge in [0.1, 0.15) is 13.2 Å². The maximum Gasteiger partial charge on any atom is 0.329 e. The van der Waals surface area contributed by atoms with E-state index in [2.05, 4.69) is 15.4 Å². The lowest BCUT2D eigenvalue weighted by atomic mass is 9.83. The van der Waals surface area contributed by atoms with E-state index < -0.39 is 31.1 Å². The van der Waals surface area contributed by atoms with E-state index in [4.69, 9.17) is 5.11 Å². The van der Waals surface area contributed by atoms with Crippen molar-refractivity contribution in [2.75, 3.05) is 19.8 Å². The van der Waals surface area contributed by atoms with Gasteiger partial charge in [-0.15, -0.1) is 0 Å². The molecule has 0 aromatic heterocycles. The number of hydrogen-bond acceptors (Lipinski definition) is 4. The first-order chi connectivity index (χ1) is 8.58. The SMILES string of the molecule is O=C(O)COCC(=O)NC(=O)NCCC1CCC1. The minimum absolute atomic E-state index is 0.442. The van der Waals surface area contributed by atoms with Crippen molar-refractivity contribution in [2.45, 2.75) is 25.7 Å². The summed E-state index contributed by atoms with van der Waals surface area (Å²) in [6.45, 7) is -0.459. The zero-order valence-corrected chi connectivity index (χ0v) is 10.1. The monoisotopic (exact) mass is 258 g/mol. The van der Waals surface area contributed by atoms with Gasteiger partial charge in [0.05, 0.1) is 0 Å². The molecule has 0 radical (unpaired) electrons. The molecule has 0 unspecified atom stereocenters. The number of carbonyl (C=O) groups excluding carboxylic acids is 2. The molecule has 0 atom stereocenters. The van der Waals surface area contributed by atoms with Crippen LogP contribution >= 0.6 is 0 Å². The zero-order valence-electron chi connectivity index (χ0n) is 10.1.